The van der Waals surface area contributed by atoms with Crippen molar-refractivity contribution >= 4 is 27.0 Å². The van der Waals surface area contributed by atoms with Gasteiger partial charge in [-0.1, -0.05) is 42.0 Å². The van der Waals surface area contributed by atoms with Gasteiger partial charge < -0.3 is 0 Å². The van der Waals surface area contributed by atoms with E-state index in [1.807, 2.05) is 36.6 Å². The van der Waals surface area contributed by atoms with E-state index in [1.54, 1.807) is 0 Å². The highest BCUT2D eigenvalue weighted by Gasteiger charge is 2.27. The minimum Gasteiger partial charge on any atom is -0.258 e. The van der Waals surface area contributed by atoms with Gasteiger partial charge in [0.15, 0.2) is 4.90 Å². The molecule has 146 valence electrons. The second-order valence-corrected chi connectivity index (χ2v) is 8.90. The normalized spacial score (nSPS) is 11.5. The van der Waals surface area contributed by atoms with Crippen LogP contribution in [0.2, 0.25) is 0 Å². The number of sulfonamides is 1. The lowest BCUT2D eigenvalue weighted by atomic mass is 10.2. The van der Waals surface area contributed by atoms with E-state index in [-0.39, 0.29) is 11.4 Å². The van der Waals surface area contributed by atoms with Gasteiger partial charge in [-0.3, -0.25) is 10.1 Å². The average Bonchev–Trinajstić information content (AvgIpc) is 3.10. The van der Waals surface area contributed by atoms with Crippen molar-refractivity contribution in [2.45, 2.75) is 25.2 Å². The third kappa shape index (κ3) is 4.44. The maximum absolute atomic E-state index is 12.6. The number of aryl methyl sites for hydroxylation is 2. The van der Waals surface area contributed by atoms with Crippen molar-refractivity contribution in [3.63, 3.8) is 0 Å². The molecule has 0 amide bonds. The Balaban J connectivity index is 1.70. The van der Waals surface area contributed by atoms with Gasteiger partial charge in [0.2, 0.25) is 10.0 Å². The summed E-state index contributed by atoms with van der Waals surface area (Å²) in [5.74, 6) is 0. The van der Waals surface area contributed by atoms with Crippen molar-refractivity contribution < 1.29 is 13.3 Å². The van der Waals surface area contributed by atoms with Crippen LogP contribution in [0.3, 0.4) is 0 Å². The first kappa shape index (κ1) is 20.1. The van der Waals surface area contributed by atoms with E-state index < -0.39 is 20.6 Å². The zero-order valence-electron chi connectivity index (χ0n) is 15.4. The number of rotatable bonds is 7. The molecule has 1 aromatic heterocycles. The molecule has 1 heterocycles. The van der Waals surface area contributed by atoms with E-state index in [0.29, 0.717) is 12.0 Å². The lowest BCUT2D eigenvalue weighted by molar-refractivity contribution is -0.387. The highest BCUT2D eigenvalue weighted by molar-refractivity contribution is 7.89. The molecule has 0 aliphatic carbocycles. The predicted octanol–water partition coefficient (Wildman–Crippen LogP) is 3.86. The molecule has 0 saturated heterocycles. The van der Waals surface area contributed by atoms with E-state index in [9.17, 15) is 18.5 Å². The van der Waals surface area contributed by atoms with E-state index in [4.69, 9.17) is 0 Å². The highest BCUT2D eigenvalue weighted by Crippen LogP contribution is 2.27. The molecule has 3 rings (SSSR count). The summed E-state index contributed by atoms with van der Waals surface area (Å²) in [6.07, 6.45) is 0.390. The Morgan fingerprint density at radius 1 is 1.14 bits per heavy atom. The summed E-state index contributed by atoms with van der Waals surface area (Å²) in [6.45, 7) is 3.66. The van der Waals surface area contributed by atoms with Gasteiger partial charge in [0, 0.05) is 30.0 Å². The van der Waals surface area contributed by atoms with Crippen molar-refractivity contribution in [3.05, 3.63) is 74.8 Å². The van der Waals surface area contributed by atoms with Gasteiger partial charge in [-0.15, -0.1) is 11.3 Å². The summed E-state index contributed by atoms with van der Waals surface area (Å²) in [4.78, 5) is 14.7. The molecule has 0 atom stereocenters. The predicted molar refractivity (Wildman–Crippen MR) is 109 cm³/mol. The Morgan fingerprint density at radius 3 is 2.54 bits per heavy atom. The molecule has 3 aromatic rings. The van der Waals surface area contributed by atoms with Gasteiger partial charge in [0.1, 0.15) is 5.01 Å². The maximum atomic E-state index is 12.6. The Hall–Kier alpha value is -2.62. The minimum atomic E-state index is -4.00. The standard InChI is InChI=1S/C19H19N3O4S2/c1-13-6-8-15(9-7-13)19-21-16(12-27-19)10-11-20-28(25,26)18-14(2)4-3-5-17(18)22(23)24/h3-9,12,20H,10-11H2,1-2H3. The van der Waals surface area contributed by atoms with Crippen LogP contribution in [0.25, 0.3) is 10.6 Å². The first-order chi connectivity index (χ1) is 13.3. The molecular weight excluding hydrogens is 398 g/mol. The zero-order chi connectivity index (χ0) is 20.3. The lowest BCUT2D eigenvalue weighted by Crippen LogP contribution is -2.27. The molecule has 0 fully saturated rings. The van der Waals surface area contributed by atoms with Gasteiger partial charge in [0.25, 0.3) is 5.69 Å². The van der Waals surface area contributed by atoms with E-state index in [1.165, 1.54) is 42.0 Å². The summed E-state index contributed by atoms with van der Waals surface area (Å²) in [5, 5.41) is 13.9. The monoisotopic (exact) mass is 417 g/mol. The topological polar surface area (TPSA) is 102 Å². The number of nitro benzene ring substituents is 1. The van der Waals surface area contributed by atoms with Crippen LogP contribution in [-0.2, 0) is 16.4 Å². The Kier molecular flexibility index (Phi) is 5.87. The fraction of sp³-hybridized carbons (Fsp3) is 0.211. The third-order valence-corrected chi connectivity index (χ3v) is 6.77. The second kappa shape index (κ2) is 8.17. The number of nitro groups is 1. The molecule has 0 bridgehead atoms. The number of hydrogen-bond acceptors (Lipinski definition) is 6. The first-order valence-corrected chi connectivity index (χ1v) is 10.9. The summed E-state index contributed by atoms with van der Waals surface area (Å²) >= 11 is 1.49. The maximum Gasteiger partial charge on any atom is 0.289 e. The number of aromatic nitrogens is 1. The summed E-state index contributed by atoms with van der Waals surface area (Å²) in [6, 6.07) is 12.2. The minimum absolute atomic E-state index is 0.102. The molecule has 9 heteroatoms. The third-order valence-electron chi connectivity index (χ3n) is 4.18. The van der Waals surface area contributed by atoms with E-state index >= 15 is 0 Å². The Bertz CT molecular complexity index is 1110. The van der Waals surface area contributed by atoms with E-state index in [2.05, 4.69) is 9.71 Å². The van der Waals surface area contributed by atoms with Crippen LogP contribution < -0.4 is 4.72 Å². The van der Waals surface area contributed by atoms with E-state index in [0.717, 1.165) is 16.3 Å². The fourth-order valence-electron chi connectivity index (χ4n) is 2.77. The van der Waals surface area contributed by atoms with Crippen LogP contribution in [-0.4, -0.2) is 24.9 Å². The van der Waals surface area contributed by atoms with Crippen LogP contribution in [0.1, 0.15) is 16.8 Å². The van der Waals surface area contributed by atoms with Crippen LogP contribution in [0.15, 0.2) is 52.7 Å². The van der Waals surface area contributed by atoms with Crippen molar-refractivity contribution in [2.75, 3.05) is 6.54 Å². The van der Waals surface area contributed by atoms with Crippen LogP contribution in [0, 0.1) is 24.0 Å². The fourth-order valence-corrected chi connectivity index (χ4v) is 5.05. The number of thiazole rings is 1. The Labute approximate surface area is 167 Å². The molecule has 0 saturated carbocycles. The quantitative estimate of drug-likeness (QED) is 0.465. The molecule has 1 N–H and O–H groups in total. The van der Waals surface area contributed by atoms with Gasteiger partial charge in [0.05, 0.1) is 10.6 Å². The van der Waals surface area contributed by atoms with Crippen molar-refractivity contribution in [2.24, 2.45) is 0 Å². The van der Waals surface area contributed by atoms with Crippen LogP contribution in [0.4, 0.5) is 5.69 Å². The summed E-state index contributed by atoms with van der Waals surface area (Å²) in [7, 11) is -4.00. The Morgan fingerprint density at radius 2 is 1.86 bits per heavy atom. The van der Waals surface area contributed by atoms with Gasteiger partial charge in [-0.25, -0.2) is 18.1 Å². The first-order valence-electron chi connectivity index (χ1n) is 8.53. The zero-order valence-corrected chi connectivity index (χ0v) is 17.0. The van der Waals surface area contributed by atoms with Crippen LogP contribution >= 0.6 is 11.3 Å². The van der Waals surface area contributed by atoms with Crippen molar-refractivity contribution in [3.8, 4) is 10.6 Å². The molecule has 7 nitrogen and oxygen atoms in total. The molecular formula is C19H19N3O4S2. The summed E-state index contributed by atoms with van der Waals surface area (Å²) in [5.41, 5.74) is 2.85. The molecule has 0 aliphatic rings. The van der Waals surface area contributed by atoms with Gasteiger partial charge in [-0.2, -0.15) is 0 Å². The van der Waals surface area contributed by atoms with Crippen molar-refractivity contribution in [1.82, 2.24) is 9.71 Å². The molecule has 2 aromatic carbocycles. The number of benzene rings is 2. The van der Waals surface area contributed by atoms with Gasteiger partial charge >= 0.3 is 0 Å². The number of nitrogens with one attached hydrogen (secondary N) is 1. The molecule has 28 heavy (non-hydrogen) atoms. The average molecular weight is 418 g/mol. The number of nitrogens with zero attached hydrogens (tertiary/aromatic N) is 2. The van der Waals surface area contributed by atoms with Crippen molar-refractivity contribution in [1.29, 1.82) is 0 Å². The van der Waals surface area contributed by atoms with Gasteiger partial charge in [-0.05, 0) is 19.4 Å². The summed E-state index contributed by atoms with van der Waals surface area (Å²) < 4.78 is 27.6. The smallest absolute Gasteiger partial charge is 0.258 e. The lowest BCUT2D eigenvalue weighted by Gasteiger charge is -2.09. The second-order valence-electron chi connectivity index (χ2n) is 6.34. The number of hydrogen-bond donors (Lipinski definition) is 1. The highest BCUT2D eigenvalue weighted by atomic mass is 32.2. The molecule has 0 aliphatic heterocycles. The molecule has 0 radical (unpaired) electrons. The SMILES string of the molecule is Cc1ccc(-c2nc(CCNS(=O)(=O)c3c(C)cccc3[N+](=O)[O-])cs2)cc1. The molecule has 0 spiro atoms. The largest absolute Gasteiger partial charge is 0.289 e. The van der Waals surface area contributed by atoms with Crippen LogP contribution in [0.5, 0.6) is 0 Å². The molecule has 0 unspecified atom stereocenters.